The Morgan fingerprint density at radius 2 is 2.04 bits per heavy atom. The van der Waals surface area contributed by atoms with Crippen LogP contribution < -0.4 is 22.0 Å². The number of carbonyl (C=O) groups excluding carboxylic acids is 1. The molecule has 156 valence electrons. The summed E-state index contributed by atoms with van der Waals surface area (Å²) in [6, 6.07) is 1.76. The highest BCUT2D eigenvalue weighted by atomic mass is 16.6. The average molecular weight is 393 g/mol. The number of aromatic nitrogens is 1. The highest BCUT2D eigenvalue weighted by molar-refractivity contribution is 5.68. The normalized spacial score (nSPS) is 16.0. The van der Waals surface area contributed by atoms with E-state index in [1.165, 1.54) is 5.01 Å². The van der Waals surface area contributed by atoms with E-state index in [0.717, 1.165) is 12.8 Å². The van der Waals surface area contributed by atoms with E-state index < -0.39 is 5.60 Å². The molecule has 0 unspecified atom stereocenters. The van der Waals surface area contributed by atoms with Gasteiger partial charge in [-0.1, -0.05) is 0 Å². The molecule has 0 aliphatic carbocycles. The molecular formula is C19H32N6O3. The van der Waals surface area contributed by atoms with Gasteiger partial charge in [0.2, 0.25) is 0 Å². The average Bonchev–Trinajstić information content (AvgIpc) is 2.59. The number of hydrazine groups is 1. The smallest absolute Gasteiger partial charge is 0.410 e. The van der Waals surface area contributed by atoms with E-state index in [2.05, 4.69) is 4.98 Å². The molecule has 6 N–H and O–H groups in total. The van der Waals surface area contributed by atoms with Crippen LogP contribution in [0.1, 0.15) is 39.2 Å². The van der Waals surface area contributed by atoms with Crippen molar-refractivity contribution in [2.75, 3.05) is 32.5 Å². The maximum absolute atomic E-state index is 12.1. The molecule has 1 aliphatic rings. The molecule has 28 heavy (non-hydrogen) atoms. The van der Waals surface area contributed by atoms with E-state index in [-0.39, 0.29) is 6.09 Å². The first-order valence-corrected chi connectivity index (χ1v) is 9.36. The third-order valence-corrected chi connectivity index (χ3v) is 4.30. The van der Waals surface area contributed by atoms with Crippen molar-refractivity contribution in [1.82, 2.24) is 14.9 Å². The van der Waals surface area contributed by atoms with Gasteiger partial charge in [0.25, 0.3) is 0 Å². The standard InChI is InChI=1S/C19H32N6O3/c1-19(2,3)28-18(26)25-7-5-13(6-8-25)12-27-16-9-14(10-23-17(16)21)15(20)11-24(4)22/h9-11,13H,5-8,12,20,22H2,1-4H3,(H2,21,23)/b15-11-. The predicted octanol–water partition coefficient (Wildman–Crippen LogP) is 1.75. The number of nitrogens with zero attached hydrogens (tertiary/aromatic N) is 3. The number of nitrogen functional groups attached to an aromatic ring is 1. The van der Waals surface area contributed by atoms with Crippen LogP contribution in [0, 0.1) is 5.92 Å². The lowest BCUT2D eigenvalue weighted by Crippen LogP contribution is -2.42. The third-order valence-electron chi connectivity index (χ3n) is 4.30. The predicted molar refractivity (Wildman–Crippen MR) is 109 cm³/mol. The first-order valence-electron chi connectivity index (χ1n) is 9.36. The quantitative estimate of drug-likeness (QED) is 0.510. The number of piperidine rings is 1. The zero-order valence-electron chi connectivity index (χ0n) is 17.1. The van der Waals surface area contributed by atoms with Gasteiger partial charge in [0.15, 0.2) is 11.6 Å². The topological polar surface area (TPSA) is 133 Å². The van der Waals surface area contributed by atoms with Crippen molar-refractivity contribution < 1.29 is 14.3 Å². The zero-order valence-corrected chi connectivity index (χ0v) is 17.1. The molecule has 0 saturated carbocycles. The second-order valence-electron chi connectivity index (χ2n) is 8.08. The van der Waals surface area contributed by atoms with Gasteiger partial charge in [-0.25, -0.2) is 15.6 Å². The van der Waals surface area contributed by atoms with Gasteiger partial charge in [0.05, 0.1) is 12.3 Å². The number of anilines is 1. The summed E-state index contributed by atoms with van der Waals surface area (Å²) >= 11 is 0. The number of hydrogen-bond acceptors (Lipinski definition) is 8. The summed E-state index contributed by atoms with van der Waals surface area (Å²) < 4.78 is 11.3. The summed E-state index contributed by atoms with van der Waals surface area (Å²) in [5, 5.41) is 1.37. The second-order valence-corrected chi connectivity index (χ2v) is 8.08. The molecule has 0 spiro atoms. The Bertz CT molecular complexity index is 706. The largest absolute Gasteiger partial charge is 0.489 e. The molecule has 0 radical (unpaired) electrons. The van der Waals surface area contributed by atoms with Crippen molar-refractivity contribution in [1.29, 1.82) is 0 Å². The first kappa shape index (κ1) is 21.6. The van der Waals surface area contributed by atoms with Crippen LogP contribution in [0.4, 0.5) is 10.6 Å². The SMILES string of the molecule is CN(N)/C=C(\N)c1cnc(N)c(OCC2CCN(C(=O)OC(C)(C)C)CC2)c1. The lowest BCUT2D eigenvalue weighted by atomic mass is 9.98. The fraction of sp³-hybridized carbons (Fsp3) is 0.579. The lowest BCUT2D eigenvalue weighted by Gasteiger charge is -2.33. The summed E-state index contributed by atoms with van der Waals surface area (Å²) in [7, 11) is 1.68. The Labute approximate surface area is 166 Å². The van der Waals surface area contributed by atoms with Gasteiger partial charge in [0, 0.05) is 38.1 Å². The molecule has 9 nitrogen and oxygen atoms in total. The van der Waals surface area contributed by atoms with Crippen LogP contribution >= 0.6 is 0 Å². The molecule has 2 rings (SSSR count). The van der Waals surface area contributed by atoms with Crippen LogP contribution in [-0.4, -0.2) is 53.3 Å². The van der Waals surface area contributed by atoms with Crippen LogP contribution in [0.15, 0.2) is 18.5 Å². The maximum atomic E-state index is 12.1. The van der Waals surface area contributed by atoms with Crippen LogP contribution in [0.5, 0.6) is 5.75 Å². The minimum Gasteiger partial charge on any atom is -0.489 e. The van der Waals surface area contributed by atoms with Crippen molar-refractivity contribution in [3.05, 3.63) is 24.0 Å². The minimum absolute atomic E-state index is 0.264. The van der Waals surface area contributed by atoms with Gasteiger partial charge >= 0.3 is 6.09 Å². The van der Waals surface area contributed by atoms with E-state index >= 15 is 0 Å². The number of pyridine rings is 1. The Balaban J connectivity index is 1.89. The summed E-state index contributed by atoms with van der Waals surface area (Å²) in [5.41, 5.74) is 12.6. The molecule has 1 aromatic heterocycles. The molecule has 0 aromatic carbocycles. The van der Waals surface area contributed by atoms with E-state index in [9.17, 15) is 4.79 Å². The van der Waals surface area contributed by atoms with Crippen molar-refractivity contribution in [2.24, 2.45) is 17.5 Å². The highest BCUT2D eigenvalue weighted by Gasteiger charge is 2.27. The van der Waals surface area contributed by atoms with Gasteiger partial charge in [-0.15, -0.1) is 0 Å². The highest BCUT2D eigenvalue weighted by Crippen LogP contribution is 2.25. The van der Waals surface area contributed by atoms with E-state index in [0.29, 0.717) is 48.4 Å². The molecule has 0 atom stereocenters. The molecule has 1 amide bonds. The minimum atomic E-state index is -0.485. The van der Waals surface area contributed by atoms with Gasteiger partial charge in [-0.2, -0.15) is 0 Å². The van der Waals surface area contributed by atoms with Crippen molar-refractivity contribution in [3.63, 3.8) is 0 Å². The Hall–Kier alpha value is -2.68. The molecule has 1 aliphatic heterocycles. The fourth-order valence-corrected chi connectivity index (χ4v) is 2.84. The molecular weight excluding hydrogens is 360 g/mol. The van der Waals surface area contributed by atoms with E-state index in [4.69, 9.17) is 26.8 Å². The third kappa shape index (κ3) is 6.49. The van der Waals surface area contributed by atoms with Gasteiger partial charge in [0.1, 0.15) is 5.60 Å². The number of hydrogen-bond donors (Lipinski definition) is 3. The van der Waals surface area contributed by atoms with Crippen LogP contribution in [0.25, 0.3) is 5.70 Å². The molecule has 1 aromatic rings. The van der Waals surface area contributed by atoms with Crippen LogP contribution in [0.3, 0.4) is 0 Å². The fourth-order valence-electron chi connectivity index (χ4n) is 2.84. The van der Waals surface area contributed by atoms with Crippen LogP contribution in [-0.2, 0) is 4.74 Å². The number of likely N-dealkylation sites (tertiary alicyclic amines) is 1. The Morgan fingerprint density at radius 3 is 2.61 bits per heavy atom. The number of ether oxygens (including phenoxy) is 2. The molecule has 1 fully saturated rings. The second kappa shape index (κ2) is 9.01. The summed E-state index contributed by atoms with van der Waals surface area (Å²) in [5.74, 6) is 6.71. The number of nitrogens with two attached hydrogens (primary N) is 3. The number of carbonyl (C=O) groups is 1. The monoisotopic (exact) mass is 392 g/mol. The van der Waals surface area contributed by atoms with Crippen molar-refractivity contribution in [2.45, 2.75) is 39.2 Å². The number of rotatable bonds is 5. The molecule has 9 heteroatoms. The summed E-state index contributed by atoms with van der Waals surface area (Å²) in [6.45, 7) is 7.39. The number of amides is 1. The first-order chi connectivity index (χ1) is 13.0. The zero-order chi connectivity index (χ0) is 20.9. The summed E-state index contributed by atoms with van der Waals surface area (Å²) in [6.07, 6.45) is 4.58. The van der Waals surface area contributed by atoms with Crippen molar-refractivity contribution in [3.8, 4) is 5.75 Å². The Kier molecular flexibility index (Phi) is 6.95. The Morgan fingerprint density at radius 1 is 1.39 bits per heavy atom. The van der Waals surface area contributed by atoms with Gasteiger partial charge < -0.3 is 30.8 Å². The van der Waals surface area contributed by atoms with E-state index in [1.807, 2.05) is 20.8 Å². The van der Waals surface area contributed by atoms with Gasteiger partial charge in [-0.05, 0) is 45.6 Å². The molecule has 2 heterocycles. The maximum Gasteiger partial charge on any atom is 0.410 e. The van der Waals surface area contributed by atoms with Gasteiger partial charge in [-0.3, -0.25) is 0 Å². The summed E-state index contributed by atoms with van der Waals surface area (Å²) in [4.78, 5) is 18.0. The lowest BCUT2D eigenvalue weighted by molar-refractivity contribution is 0.0165. The van der Waals surface area contributed by atoms with E-state index in [1.54, 1.807) is 30.4 Å². The van der Waals surface area contributed by atoms with Crippen LogP contribution in [0.2, 0.25) is 0 Å². The van der Waals surface area contributed by atoms with Crippen molar-refractivity contribution >= 4 is 17.6 Å². The molecule has 1 saturated heterocycles. The molecule has 0 bridgehead atoms.